The summed E-state index contributed by atoms with van der Waals surface area (Å²) < 4.78 is 15.7. The Balaban J connectivity index is 2.14. The van der Waals surface area contributed by atoms with Gasteiger partial charge in [-0.1, -0.05) is 19.1 Å². The molecule has 1 aromatic rings. The summed E-state index contributed by atoms with van der Waals surface area (Å²) >= 11 is 0. The van der Waals surface area contributed by atoms with Gasteiger partial charge in [0.1, 0.15) is 11.7 Å². The van der Waals surface area contributed by atoms with E-state index in [1.165, 1.54) is 0 Å². The average molecular weight is 427 g/mol. The molecule has 7 nitrogen and oxygen atoms in total. The fourth-order valence-corrected chi connectivity index (χ4v) is 4.39. The number of esters is 2. The van der Waals surface area contributed by atoms with E-state index in [9.17, 15) is 14.4 Å². The standard InChI is InChI=1S/C24H29NO6/c1-6-30-23(27)18-13(3)12-17-21(22(18)26)20(15-8-10-16(29-5)11-9-15)19(14(4)25-17)24(28)31-7-2/h8-11,13,18,20,25H,6-7,12H2,1-5H3/t13-,18-,20+/m1/s1. The first-order chi connectivity index (χ1) is 14.8. The Bertz CT molecular complexity index is 943. The lowest BCUT2D eigenvalue weighted by molar-refractivity contribution is -0.153. The van der Waals surface area contributed by atoms with E-state index in [0.29, 0.717) is 29.0 Å². The molecule has 0 spiro atoms. The third-order valence-electron chi connectivity index (χ3n) is 5.77. The molecule has 0 fully saturated rings. The predicted molar refractivity (Wildman–Crippen MR) is 114 cm³/mol. The zero-order valence-corrected chi connectivity index (χ0v) is 18.6. The number of rotatable bonds is 6. The Kier molecular flexibility index (Phi) is 6.83. The van der Waals surface area contributed by atoms with E-state index in [1.807, 2.05) is 19.1 Å². The molecule has 1 aliphatic carbocycles. The van der Waals surface area contributed by atoms with Crippen molar-refractivity contribution in [3.05, 3.63) is 52.4 Å². The van der Waals surface area contributed by atoms with Gasteiger partial charge in [-0.2, -0.15) is 0 Å². The van der Waals surface area contributed by atoms with E-state index in [1.54, 1.807) is 40.0 Å². The Morgan fingerprint density at radius 1 is 1.10 bits per heavy atom. The largest absolute Gasteiger partial charge is 0.497 e. The fraction of sp³-hybridized carbons (Fsp3) is 0.458. The van der Waals surface area contributed by atoms with E-state index in [0.717, 1.165) is 11.3 Å². The molecule has 0 aromatic heterocycles. The van der Waals surface area contributed by atoms with E-state index in [4.69, 9.17) is 14.2 Å². The summed E-state index contributed by atoms with van der Waals surface area (Å²) in [4.78, 5) is 39.1. The first-order valence-electron chi connectivity index (χ1n) is 10.6. The van der Waals surface area contributed by atoms with E-state index in [-0.39, 0.29) is 24.9 Å². The highest BCUT2D eigenvalue weighted by atomic mass is 16.5. The van der Waals surface area contributed by atoms with Crippen molar-refractivity contribution in [2.45, 2.75) is 40.0 Å². The van der Waals surface area contributed by atoms with Crippen molar-refractivity contribution >= 4 is 17.7 Å². The molecule has 0 bridgehead atoms. The lowest BCUT2D eigenvalue weighted by atomic mass is 9.69. The van der Waals surface area contributed by atoms with Gasteiger partial charge in [0.2, 0.25) is 0 Å². The number of ketones is 1. The quantitative estimate of drug-likeness (QED) is 0.550. The summed E-state index contributed by atoms with van der Waals surface area (Å²) in [5, 5.41) is 3.24. The normalized spacial score (nSPS) is 23.1. The number of nitrogens with one attached hydrogen (secondary N) is 1. The van der Waals surface area contributed by atoms with Crippen LogP contribution in [0.2, 0.25) is 0 Å². The molecule has 0 amide bonds. The minimum atomic E-state index is -0.900. The third kappa shape index (κ3) is 4.22. The molecule has 0 unspecified atom stereocenters. The molecule has 0 saturated carbocycles. The molecule has 0 radical (unpaired) electrons. The molecule has 166 valence electrons. The van der Waals surface area contributed by atoms with Crippen molar-refractivity contribution in [3.8, 4) is 5.75 Å². The second kappa shape index (κ2) is 9.37. The highest BCUT2D eigenvalue weighted by molar-refractivity contribution is 6.12. The van der Waals surface area contributed by atoms with Crippen molar-refractivity contribution in [1.29, 1.82) is 0 Å². The van der Waals surface area contributed by atoms with Crippen LogP contribution in [0.1, 0.15) is 45.6 Å². The van der Waals surface area contributed by atoms with Crippen LogP contribution in [0, 0.1) is 11.8 Å². The Labute approximate surface area is 182 Å². The van der Waals surface area contributed by atoms with Gasteiger partial charge in [0.15, 0.2) is 5.78 Å². The smallest absolute Gasteiger partial charge is 0.336 e. The monoisotopic (exact) mass is 427 g/mol. The first kappa shape index (κ1) is 22.6. The molecule has 31 heavy (non-hydrogen) atoms. The predicted octanol–water partition coefficient (Wildman–Crippen LogP) is 3.26. The molecule has 7 heteroatoms. The number of benzene rings is 1. The number of allylic oxidation sites excluding steroid dienone is 3. The molecule has 2 aliphatic rings. The first-order valence-corrected chi connectivity index (χ1v) is 10.6. The number of Topliss-reactive ketones (excluding diaryl/α,β-unsaturated/α-hetero) is 1. The summed E-state index contributed by atoms with van der Waals surface area (Å²) in [5.74, 6) is -2.41. The van der Waals surface area contributed by atoms with Crippen LogP contribution in [0.25, 0.3) is 0 Å². The number of hydrogen-bond donors (Lipinski definition) is 1. The Morgan fingerprint density at radius 3 is 2.32 bits per heavy atom. The summed E-state index contributed by atoms with van der Waals surface area (Å²) in [7, 11) is 1.57. The average Bonchev–Trinajstić information content (AvgIpc) is 2.73. The highest BCUT2D eigenvalue weighted by Gasteiger charge is 2.47. The lowest BCUT2D eigenvalue weighted by Gasteiger charge is -2.38. The van der Waals surface area contributed by atoms with Crippen molar-refractivity contribution in [2.75, 3.05) is 20.3 Å². The van der Waals surface area contributed by atoms with Crippen molar-refractivity contribution in [2.24, 2.45) is 11.8 Å². The van der Waals surface area contributed by atoms with Gasteiger partial charge >= 0.3 is 11.9 Å². The molecule has 0 saturated heterocycles. The number of hydrogen-bond acceptors (Lipinski definition) is 7. The third-order valence-corrected chi connectivity index (χ3v) is 5.77. The summed E-state index contributed by atoms with van der Waals surface area (Å²) in [6.07, 6.45) is 0.505. The molecular formula is C24H29NO6. The van der Waals surface area contributed by atoms with Crippen LogP contribution in [0.5, 0.6) is 5.75 Å². The second-order valence-electron chi connectivity index (χ2n) is 7.76. The second-order valence-corrected chi connectivity index (χ2v) is 7.76. The van der Waals surface area contributed by atoms with Crippen molar-refractivity contribution < 1.29 is 28.6 Å². The minimum absolute atomic E-state index is 0.203. The van der Waals surface area contributed by atoms with Gasteiger partial charge in [0, 0.05) is 22.9 Å². The molecule has 1 heterocycles. The Hall–Kier alpha value is -3.09. The fourth-order valence-electron chi connectivity index (χ4n) is 4.39. The number of dihydropyridines is 1. The van der Waals surface area contributed by atoms with Crippen LogP contribution in [0.15, 0.2) is 46.8 Å². The van der Waals surface area contributed by atoms with Gasteiger partial charge < -0.3 is 19.5 Å². The van der Waals surface area contributed by atoms with Crippen LogP contribution in [-0.4, -0.2) is 38.0 Å². The van der Waals surface area contributed by atoms with Crippen molar-refractivity contribution in [1.82, 2.24) is 5.32 Å². The van der Waals surface area contributed by atoms with Crippen LogP contribution >= 0.6 is 0 Å². The van der Waals surface area contributed by atoms with Gasteiger partial charge in [-0.05, 0) is 50.8 Å². The highest BCUT2D eigenvalue weighted by Crippen LogP contribution is 2.45. The topological polar surface area (TPSA) is 90.9 Å². The summed E-state index contributed by atoms with van der Waals surface area (Å²) in [6.45, 7) is 7.54. The zero-order chi connectivity index (χ0) is 22.7. The molecule has 1 N–H and O–H groups in total. The molecule has 1 aliphatic heterocycles. The maximum absolute atomic E-state index is 13.6. The van der Waals surface area contributed by atoms with Gasteiger partial charge in [-0.3, -0.25) is 9.59 Å². The molecule has 3 atom stereocenters. The van der Waals surface area contributed by atoms with Gasteiger partial charge in [0.05, 0.1) is 25.9 Å². The van der Waals surface area contributed by atoms with E-state index >= 15 is 0 Å². The maximum Gasteiger partial charge on any atom is 0.336 e. The number of methoxy groups -OCH3 is 1. The van der Waals surface area contributed by atoms with Crippen LogP contribution in [-0.2, 0) is 23.9 Å². The zero-order valence-electron chi connectivity index (χ0n) is 18.6. The van der Waals surface area contributed by atoms with Gasteiger partial charge in [0.25, 0.3) is 0 Å². The van der Waals surface area contributed by atoms with Crippen molar-refractivity contribution in [3.63, 3.8) is 0 Å². The number of carbonyl (C=O) groups excluding carboxylic acids is 3. The SMILES string of the molecule is CCOC(=O)C1=C(C)NC2=C(C(=O)[C@H](C(=O)OCC)[C@H](C)C2)[C@H]1c1ccc(OC)cc1. The van der Waals surface area contributed by atoms with Gasteiger partial charge in [-0.15, -0.1) is 0 Å². The molecule has 3 rings (SSSR count). The van der Waals surface area contributed by atoms with Crippen LogP contribution in [0.4, 0.5) is 0 Å². The summed E-state index contributed by atoms with van der Waals surface area (Å²) in [6, 6.07) is 7.23. The van der Waals surface area contributed by atoms with Gasteiger partial charge in [-0.25, -0.2) is 4.79 Å². The molecule has 1 aromatic carbocycles. The Morgan fingerprint density at radius 2 is 1.74 bits per heavy atom. The van der Waals surface area contributed by atoms with E-state index in [2.05, 4.69) is 5.32 Å². The maximum atomic E-state index is 13.6. The molecular weight excluding hydrogens is 398 g/mol. The lowest BCUT2D eigenvalue weighted by Crippen LogP contribution is -2.43. The summed E-state index contributed by atoms with van der Waals surface area (Å²) in [5.41, 5.74) is 2.94. The minimum Gasteiger partial charge on any atom is -0.497 e. The number of ether oxygens (including phenoxy) is 3. The number of carbonyl (C=O) groups is 3. The van der Waals surface area contributed by atoms with E-state index < -0.39 is 23.8 Å². The van der Waals surface area contributed by atoms with Crippen LogP contribution < -0.4 is 10.1 Å². The van der Waals surface area contributed by atoms with Crippen LogP contribution in [0.3, 0.4) is 0 Å².